The molecule has 0 aliphatic heterocycles. The zero-order chi connectivity index (χ0) is 17.4. The van der Waals surface area contributed by atoms with Gasteiger partial charge < -0.3 is 10.6 Å². The minimum atomic E-state index is -0.185. The van der Waals surface area contributed by atoms with Gasteiger partial charge in [-0.3, -0.25) is 4.99 Å². The Balaban J connectivity index is 0.00000312. The highest BCUT2D eigenvalue weighted by molar-refractivity contribution is 14.0. The van der Waals surface area contributed by atoms with Crippen LogP contribution in [0.4, 0.5) is 4.39 Å². The van der Waals surface area contributed by atoms with Crippen LogP contribution in [0.25, 0.3) is 0 Å². The average Bonchev–Trinajstić information content (AvgIpc) is 3.03. The minimum absolute atomic E-state index is 0. The van der Waals surface area contributed by atoms with Crippen molar-refractivity contribution >= 4 is 41.3 Å². The van der Waals surface area contributed by atoms with E-state index in [4.69, 9.17) is 0 Å². The first-order valence-electron chi connectivity index (χ1n) is 8.25. The summed E-state index contributed by atoms with van der Waals surface area (Å²) < 4.78 is 13.1. The zero-order valence-corrected chi connectivity index (χ0v) is 18.1. The third-order valence-electron chi connectivity index (χ3n) is 3.79. The van der Waals surface area contributed by atoms with Crippen LogP contribution in [-0.2, 0) is 19.3 Å². The van der Waals surface area contributed by atoms with Gasteiger partial charge in [-0.05, 0) is 43.0 Å². The van der Waals surface area contributed by atoms with Gasteiger partial charge in [-0.25, -0.2) is 9.37 Å². The van der Waals surface area contributed by atoms with Crippen molar-refractivity contribution in [2.45, 2.75) is 33.1 Å². The maximum absolute atomic E-state index is 13.1. The van der Waals surface area contributed by atoms with Gasteiger partial charge >= 0.3 is 0 Å². The summed E-state index contributed by atoms with van der Waals surface area (Å²) in [5.41, 5.74) is 3.26. The first kappa shape index (κ1) is 21.8. The highest BCUT2D eigenvalue weighted by Crippen LogP contribution is 2.11. The Morgan fingerprint density at radius 2 is 1.96 bits per heavy atom. The molecule has 0 saturated heterocycles. The van der Waals surface area contributed by atoms with Gasteiger partial charge in [-0.1, -0.05) is 13.0 Å². The van der Waals surface area contributed by atoms with Crippen LogP contribution in [0.3, 0.4) is 0 Å². The molecule has 0 unspecified atom stereocenters. The van der Waals surface area contributed by atoms with E-state index in [0.29, 0.717) is 0 Å². The molecular weight excluding hydrogens is 450 g/mol. The molecule has 2 rings (SSSR count). The second-order valence-electron chi connectivity index (χ2n) is 5.58. The maximum Gasteiger partial charge on any atom is 0.190 e. The van der Waals surface area contributed by atoms with Crippen molar-refractivity contribution < 1.29 is 4.39 Å². The van der Waals surface area contributed by atoms with E-state index in [1.165, 1.54) is 11.1 Å². The molecule has 0 spiro atoms. The van der Waals surface area contributed by atoms with Gasteiger partial charge in [0.15, 0.2) is 5.96 Å². The van der Waals surface area contributed by atoms with Crippen LogP contribution in [0.15, 0.2) is 28.6 Å². The topological polar surface area (TPSA) is 49.3 Å². The van der Waals surface area contributed by atoms with Crippen LogP contribution in [0.1, 0.15) is 28.8 Å². The number of benzene rings is 1. The average molecular weight is 476 g/mol. The van der Waals surface area contributed by atoms with Crippen LogP contribution in [-0.4, -0.2) is 31.1 Å². The van der Waals surface area contributed by atoms with Gasteiger partial charge in [0.25, 0.3) is 0 Å². The lowest BCUT2D eigenvalue weighted by Crippen LogP contribution is -2.39. The molecule has 4 nitrogen and oxygen atoms in total. The number of hydrogen-bond donors (Lipinski definition) is 2. The van der Waals surface area contributed by atoms with Gasteiger partial charge in [0, 0.05) is 31.9 Å². The van der Waals surface area contributed by atoms with Gasteiger partial charge in [0.2, 0.25) is 0 Å². The molecule has 0 amide bonds. The predicted octanol–water partition coefficient (Wildman–Crippen LogP) is 3.72. The van der Waals surface area contributed by atoms with Crippen molar-refractivity contribution in [1.29, 1.82) is 0 Å². The van der Waals surface area contributed by atoms with Crippen LogP contribution >= 0.6 is 35.3 Å². The van der Waals surface area contributed by atoms with Crippen LogP contribution in [0, 0.1) is 12.7 Å². The molecule has 25 heavy (non-hydrogen) atoms. The zero-order valence-electron chi connectivity index (χ0n) is 14.9. The summed E-state index contributed by atoms with van der Waals surface area (Å²) in [6, 6.07) is 4.92. The Bertz CT molecular complexity index is 687. The van der Waals surface area contributed by atoms with Crippen molar-refractivity contribution in [2.75, 3.05) is 20.1 Å². The van der Waals surface area contributed by atoms with Crippen molar-refractivity contribution in [1.82, 2.24) is 15.6 Å². The Morgan fingerprint density at radius 1 is 1.24 bits per heavy atom. The smallest absolute Gasteiger partial charge is 0.190 e. The van der Waals surface area contributed by atoms with Gasteiger partial charge in [0.05, 0.1) is 10.7 Å². The summed E-state index contributed by atoms with van der Waals surface area (Å²) in [5, 5.41) is 9.89. The highest BCUT2D eigenvalue weighted by Gasteiger charge is 2.03. The quantitative estimate of drug-likeness (QED) is 0.364. The van der Waals surface area contributed by atoms with Crippen LogP contribution < -0.4 is 10.6 Å². The molecule has 7 heteroatoms. The van der Waals surface area contributed by atoms with E-state index >= 15 is 0 Å². The summed E-state index contributed by atoms with van der Waals surface area (Å²) in [7, 11) is 1.76. The normalized spacial score (nSPS) is 11.1. The molecule has 1 aromatic carbocycles. The Kier molecular flexibility index (Phi) is 9.96. The van der Waals surface area contributed by atoms with E-state index in [-0.39, 0.29) is 29.8 Å². The highest BCUT2D eigenvalue weighted by atomic mass is 127. The number of halogens is 2. The number of thiazole rings is 1. The van der Waals surface area contributed by atoms with E-state index in [1.807, 2.05) is 13.0 Å². The number of nitrogens with one attached hydrogen (secondary N) is 2. The molecule has 2 N–H and O–H groups in total. The lowest BCUT2D eigenvalue weighted by atomic mass is 10.1. The van der Waals surface area contributed by atoms with Crippen LogP contribution in [0.2, 0.25) is 0 Å². The fraction of sp³-hybridized carbons (Fsp3) is 0.444. The Hall–Kier alpha value is -1.22. The minimum Gasteiger partial charge on any atom is -0.356 e. The number of aliphatic imine (C=N–C) groups is 1. The number of hydrogen-bond acceptors (Lipinski definition) is 3. The summed E-state index contributed by atoms with van der Waals surface area (Å²) in [4.78, 5) is 8.78. The van der Waals surface area contributed by atoms with Gasteiger partial charge in [0.1, 0.15) is 5.82 Å². The molecule has 0 saturated carbocycles. The monoisotopic (exact) mass is 476 g/mol. The third-order valence-corrected chi connectivity index (χ3v) is 4.83. The Morgan fingerprint density at radius 3 is 2.56 bits per heavy atom. The summed E-state index contributed by atoms with van der Waals surface area (Å²) in [6.07, 6.45) is 2.71. The molecule has 0 aliphatic rings. The number of rotatable bonds is 7. The first-order valence-corrected chi connectivity index (χ1v) is 9.13. The molecule has 0 bridgehead atoms. The third kappa shape index (κ3) is 7.27. The summed E-state index contributed by atoms with van der Waals surface area (Å²) in [5.74, 6) is 0.593. The first-order chi connectivity index (χ1) is 11.6. The number of guanidine groups is 1. The Labute approximate surface area is 170 Å². The van der Waals surface area contributed by atoms with Crippen molar-refractivity contribution in [3.8, 4) is 0 Å². The van der Waals surface area contributed by atoms with E-state index in [0.717, 1.165) is 55.1 Å². The molecule has 0 fully saturated rings. The standard InChI is InChI=1S/C18H25FN4S.HI/c1-4-17-23-16(12-24-17)8-10-22-18(20-3)21-9-7-14-5-6-15(19)11-13(14)2;/h5-6,11-12H,4,7-10H2,1-3H3,(H2,20,21,22);1H. The summed E-state index contributed by atoms with van der Waals surface area (Å²) >= 11 is 1.72. The molecule has 0 aliphatic carbocycles. The predicted molar refractivity (Wildman–Crippen MR) is 115 cm³/mol. The van der Waals surface area contributed by atoms with Crippen molar-refractivity contribution in [2.24, 2.45) is 4.99 Å². The molecule has 0 atom stereocenters. The summed E-state index contributed by atoms with van der Waals surface area (Å²) in [6.45, 7) is 5.60. The van der Waals surface area contributed by atoms with E-state index in [9.17, 15) is 4.39 Å². The second-order valence-corrected chi connectivity index (χ2v) is 6.53. The molecule has 1 heterocycles. The van der Waals surface area contributed by atoms with E-state index in [2.05, 4.69) is 32.9 Å². The van der Waals surface area contributed by atoms with E-state index < -0.39 is 0 Å². The van der Waals surface area contributed by atoms with Gasteiger partial charge in [-0.15, -0.1) is 35.3 Å². The SMILES string of the molecule is CCc1nc(CCNC(=NC)NCCc2ccc(F)cc2C)cs1.I. The van der Waals surface area contributed by atoms with Crippen LogP contribution in [0.5, 0.6) is 0 Å². The molecule has 0 radical (unpaired) electrons. The molecular formula is C18H26FIN4S. The number of nitrogens with zero attached hydrogens (tertiary/aromatic N) is 2. The largest absolute Gasteiger partial charge is 0.356 e. The lowest BCUT2D eigenvalue weighted by molar-refractivity contribution is 0.625. The fourth-order valence-corrected chi connectivity index (χ4v) is 3.19. The molecule has 138 valence electrons. The fourth-order valence-electron chi connectivity index (χ4n) is 2.41. The second kappa shape index (κ2) is 11.4. The number of aryl methyl sites for hydroxylation is 2. The maximum atomic E-state index is 13.1. The number of aromatic nitrogens is 1. The van der Waals surface area contributed by atoms with E-state index in [1.54, 1.807) is 24.5 Å². The molecule has 1 aromatic heterocycles. The lowest BCUT2D eigenvalue weighted by Gasteiger charge is -2.12. The van der Waals surface area contributed by atoms with Crippen molar-refractivity contribution in [3.63, 3.8) is 0 Å². The molecule has 2 aromatic rings. The van der Waals surface area contributed by atoms with Gasteiger partial charge in [-0.2, -0.15) is 0 Å². The van der Waals surface area contributed by atoms with Crippen molar-refractivity contribution in [3.05, 3.63) is 51.2 Å².